The summed E-state index contributed by atoms with van der Waals surface area (Å²) in [4.78, 5) is 13.2. The van der Waals surface area contributed by atoms with Crippen molar-refractivity contribution in [1.82, 2.24) is 9.62 Å². The lowest BCUT2D eigenvalue weighted by molar-refractivity contribution is -0.139. The van der Waals surface area contributed by atoms with Crippen LogP contribution in [0.4, 0.5) is 0 Å². The van der Waals surface area contributed by atoms with Gasteiger partial charge in [-0.3, -0.25) is 4.79 Å². The number of rotatable bonds is 6. The molecular weight excluding hydrogens is 316 g/mol. The molecule has 130 valence electrons. The molecular formula is C16H26N2O4S. The van der Waals surface area contributed by atoms with Gasteiger partial charge in [-0.25, -0.2) is 8.42 Å². The van der Waals surface area contributed by atoms with Crippen molar-refractivity contribution in [3.8, 4) is 0 Å². The molecule has 1 aromatic rings. The van der Waals surface area contributed by atoms with E-state index in [1.165, 1.54) is 0 Å². The molecule has 2 N–H and O–H groups in total. The SMILES string of the molecule is Cc1c(C)c(C)c(S(=O)(=O)N[C@@H](CN(C)C)C(=O)O)c(C)c1C. The van der Waals surface area contributed by atoms with Crippen molar-refractivity contribution in [1.29, 1.82) is 0 Å². The maximum Gasteiger partial charge on any atom is 0.323 e. The van der Waals surface area contributed by atoms with Crippen LogP contribution >= 0.6 is 0 Å². The Labute approximate surface area is 138 Å². The third-order valence-corrected chi connectivity index (χ3v) is 6.09. The Balaban J connectivity index is 3.42. The van der Waals surface area contributed by atoms with Gasteiger partial charge >= 0.3 is 5.97 Å². The number of hydrogen-bond acceptors (Lipinski definition) is 4. The molecule has 0 heterocycles. The predicted molar refractivity (Wildman–Crippen MR) is 90.4 cm³/mol. The van der Waals surface area contributed by atoms with E-state index < -0.39 is 22.0 Å². The highest BCUT2D eigenvalue weighted by Crippen LogP contribution is 2.29. The molecule has 0 aliphatic heterocycles. The Hall–Kier alpha value is -1.44. The van der Waals surface area contributed by atoms with Crippen LogP contribution in [0.15, 0.2) is 4.90 Å². The second-order valence-electron chi connectivity index (χ2n) is 6.23. The molecule has 0 amide bonds. The topological polar surface area (TPSA) is 86.7 Å². The minimum atomic E-state index is -3.93. The summed E-state index contributed by atoms with van der Waals surface area (Å²) in [5, 5.41) is 9.27. The van der Waals surface area contributed by atoms with E-state index in [2.05, 4.69) is 4.72 Å². The average molecular weight is 342 g/mol. The molecule has 0 aliphatic carbocycles. The summed E-state index contributed by atoms with van der Waals surface area (Å²) < 4.78 is 27.9. The van der Waals surface area contributed by atoms with Crippen LogP contribution < -0.4 is 4.72 Å². The first-order chi connectivity index (χ1) is 10.4. The van der Waals surface area contributed by atoms with Gasteiger partial charge in [0, 0.05) is 6.54 Å². The summed E-state index contributed by atoms with van der Waals surface area (Å²) in [6.07, 6.45) is 0. The van der Waals surface area contributed by atoms with Gasteiger partial charge < -0.3 is 10.0 Å². The minimum Gasteiger partial charge on any atom is -0.480 e. The number of nitrogens with zero attached hydrogens (tertiary/aromatic N) is 1. The van der Waals surface area contributed by atoms with Gasteiger partial charge in [0.25, 0.3) is 0 Å². The number of carbonyl (C=O) groups is 1. The number of carboxylic acids is 1. The van der Waals surface area contributed by atoms with Gasteiger partial charge in [-0.2, -0.15) is 4.72 Å². The van der Waals surface area contributed by atoms with Gasteiger partial charge in [-0.05, 0) is 76.5 Å². The van der Waals surface area contributed by atoms with Crippen LogP contribution in [0.1, 0.15) is 27.8 Å². The number of hydrogen-bond donors (Lipinski definition) is 2. The van der Waals surface area contributed by atoms with Crippen molar-refractivity contribution < 1.29 is 18.3 Å². The standard InChI is InChI=1S/C16H26N2O4S/c1-9-10(2)12(4)15(13(5)11(9)3)23(21,22)17-14(16(19)20)8-18(6)7/h14,17H,8H2,1-7H3,(H,19,20)/t14-/m0/s1. The zero-order chi connectivity index (χ0) is 18.1. The third kappa shape index (κ3) is 4.10. The summed E-state index contributed by atoms with van der Waals surface area (Å²) in [5.74, 6) is -1.20. The largest absolute Gasteiger partial charge is 0.480 e. The third-order valence-electron chi connectivity index (χ3n) is 4.34. The van der Waals surface area contributed by atoms with E-state index in [0.717, 1.165) is 16.7 Å². The van der Waals surface area contributed by atoms with Crippen molar-refractivity contribution in [3.63, 3.8) is 0 Å². The number of likely N-dealkylation sites (N-methyl/N-ethyl adjacent to an activating group) is 1. The summed E-state index contributed by atoms with van der Waals surface area (Å²) >= 11 is 0. The molecule has 1 aromatic carbocycles. The van der Waals surface area contributed by atoms with Crippen LogP contribution in [0.2, 0.25) is 0 Å². The van der Waals surface area contributed by atoms with Crippen molar-refractivity contribution >= 4 is 16.0 Å². The summed E-state index contributed by atoms with van der Waals surface area (Å²) in [6.45, 7) is 9.31. The molecule has 0 aromatic heterocycles. The van der Waals surface area contributed by atoms with Gasteiger partial charge in [0.2, 0.25) is 10.0 Å². The lowest BCUT2D eigenvalue weighted by Crippen LogP contribution is -2.47. The Bertz CT molecular complexity index is 695. The minimum absolute atomic E-state index is 0.0798. The van der Waals surface area contributed by atoms with Gasteiger partial charge in [0.15, 0.2) is 0 Å². The molecule has 0 aliphatic rings. The quantitative estimate of drug-likeness (QED) is 0.818. The van der Waals surface area contributed by atoms with Gasteiger partial charge in [0.1, 0.15) is 6.04 Å². The Morgan fingerprint density at radius 3 is 1.74 bits per heavy atom. The van der Waals surface area contributed by atoms with Crippen molar-refractivity contribution in [2.24, 2.45) is 0 Å². The molecule has 0 radical (unpaired) electrons. The molecule has 0 unspecified atom stereocenters. The molecule has 1 rings (SSSR count). The normalized spacial score (nSPS) is 13.4. The van der Waals surface area contributed by atoms with E-state index in [0.29, 0.717) is 11.1 Å². The molecule has 0 bridgehead atoms. The number of nitrogens with one attached hydrogen (secondary N) is 1. The van der Waals surface area contributed by atoms with Gasteiger partial charge in [0.05, 0.1) is 4.90 Å². The average Bonchev–Trinajstić information content (AvgIpc) is 2.41. The van der Waals surface area contributed by atoms with Gasteiger partial charge in [-0.1, -0.05) is 0 Å². The highest BCUT2D eigenvalue weighted by Gasteiger charge is 2.29. The Kier molecular flexibility index (Phi) is 5.95. The highest BCUT2D eigenvalue weighted by molar-refractivity contribution is 7.89. The van der Waals surface area contributed by atoms with Crippen molar-refractivity contribution in [3.05, 3.63) is 27.8 Å². The van der Waals surface area contributed by atoms with Crippen LogP contribution in [-0.2, 0) is 14.8 Å². The fourth-order valence-electron chi connectivity index (χ4n) is 2.65. The fraction of sp³-hybridized carbons (Fsp3) is 0.562. The molecule has 23 heavy (non-hydrogen) atoms. The zero-order valence-electron chi connectivity index (χ0n) is 14.8. The summed E-state index contributed by atoms with van der Waals surface area (Å²) in [5.41, 5.74) is 4.20. The predicted octanol–water partition coefficient (Wildman–Crippen LogP) is 1.52. The highest BCUT2D eigenvalue weighted by atomic mass is 32.2. The maximum atomic E-state index is 12.8. The first-order valence-electron chi connectivity index (χ1n) is 7.37. The zero-order valence-corrected chi connectivity index (χ0v) is 15.6. The van der Waals surface area contributed by atoms with Crippen LogP contribution in [0, 0.1) is 34.6 Å². The maximum absolute atomic E-state index is 12.8. The second-order valence-corrected chi connectivity index (χ2v) is 7.88. The molecule has 0 spiro atoms. The van der Waals surface area contributed by atoms with Crippen LogP contribution in [-0.4, -0.2) is 51.1 Å². The smallest absolute Gasteiger partial charge is 0.323 e. The lowest BCUT2D eigenvalue weighted by atomic mass is 9.95. The molecule has 0 saturated heterocycles. The number of sulfonamides is 1. The van der Waals surface area contributed by atoms with E-state index in [9.17, 15) is 18.3 Å². The van der Waals surface area contributed by atoms with E-state index >= 15 is 0 Å². The molecule has 0 fully saturated rings. The van der Waals surface area contributed by atoms with Crippen molar-refractivity contribution in [2.45, 2.75) is 45.6 Å². The fourth-order valence-corrected chi connectivity index (χ4v) is 4.43. The Morgan fingerprint density at radius 1 is 1.00 bits per heavy atom. The number of benzene rings is 1. The molecule has 0 saturated carbocycles. The van der Waals surface area contributed by atoms with Gasteiger partial charge in [-0.15, -0.1) is 0 Å². The van der Waals surface area contributed by atoms with Crippen LogP contribution in [0.3, 0.4) is 0 Å². The van der Waals surface area contributed by atoms with E-state index in [1.807, 2.05) is 20.8 Å². The number of aliphatic carboxylic acids is 1. The molecule has 6 nitrogen and oxygen atoms in total. The monoisotopic (exact) mass is 342 g/mol. The van der Waals surface area contributed by atoms with Crippen LogP contribution in [0.25, 0.3) is 0 Å². The van der Waals surface area contributed by atoms with Crippen molar-refractivity contribution in [2.75, 3.05) is 20.6 Å². The summed E-state index contributed by atoms with van der Waals surface area (Å²) in [6, 6.07) is -1.20. The first kappa shape index (κ1) is 19.6. The van der Waals surface area contributed by atoms with Crippen LogP contribution in [0.5, 0.6) is 0 Å². The number of carboxylic acid groups (broad SMARTS) is 1. The summed E-state index contributed by atoms with van der Waals surface area (Å²) in [7, 11) is -0.540. The molecule has 7 heteroatoms. The second kappa shape index (κ2) is 6.98. The van der Waals surface area contributed by atoms with E-state index in [4.69, 9.17) is 0 Å². The first-order valence-corrected chi connectivity index (χ1v) is 8.85. The van der Waals surface area contributed by atoms with E-state index in [1.54, 1.807) is 32.8 Å². The Morgan fingerprint density at radius 2 is 1.39 bits per heavy atom. The lowest BCUT2D eigenvalue weighted by Gasteiger charge is -2.22. The van der Waals surface area contributed by atoms with E-state index in [-0.39, 0.29) is 11.4 Å². The molecule has 1 atom stereocenters.